The van der Waals surface area contributed by atoms with Crippen LogP contribution < -0.4 is 24.2 Å². The van der Waals surface area contributed by atoms with Crippen molar-refractivity contribution >= 4 is 15.9 Å². The maximum atomic E-state index is 12.7. The lowest BCUT2D eigenvalue weighted by Crippen LogP contribution is -2.40. The Balaban J connectivity index is 1.73. The summed E-state index contributed by atoms with van der Waals surface area (Å²) < 4.78 is 44.5. The summed E-state index contributed by atoms with van der Waals surface area (Å²) in [5, 5.41) is 2.73. The van der Waals surface area contributed by atoms with Gasteiger partial charge in [0.15, 0.2) is 11.5 Å². The minimum absolute atomic E-state index is 0.0240. The largest absolute Gasteiger partial charge is 0.496 e. The second kappa shape index (κ2) is 8.71. The standard InChI is InChI=1S/C20H24N2O6S/c1-13(2)22-20(23)16-10-15(8-9-17(16)26-3)29(24,25)21-11-14-12-27-18-6-4-5-7-19(18)28-14/h4-10,13-14,21H,11-12H2,1-3H3,(H,22,23). The third-order valence-electron chi connectivity index (χ3n) is 4.21. The van der Waals surface area contributed by atoms with Crippen LogP contribution in [-0.4, -0.2) is 46.7 Å². The fraction of sp³-hybridized carbons (Fsp3) is 0.350. The van der Waals surface area contributed by atoms with Crippen molar-refractivity contribution in [3.63, 3.8) is 0 Å². The number of sulfonamides is 1. The molecule has 0 saturated heterocycles. The molecule has 156 valence electrons. The first kappa shape index (κ1) is 20.9. The van der Waals surface area contributed by atoms with E-state index < -0.39 is 22.0 Å². The first-order chi connectivity index (χ1) is 13.8. The van der Waals surface area contributed by atoms with Crippen LogP contribution >= 0.6 is 0 Å². The highest BCUT2D eigenvalue weighted by atomic mass is 32.2. The molecular formula is C20H24N2O6S. The number of carbonyl (C=O) groups excluding carboxylic acids is 1. The zero-order chi connectivity index (χ0) is 21.0. The van der Waals surface area contributed by atoms with E-state index in [0.29, 0.717) is 17.2 Å². The zero-order valence-corrected chi connectivity index (χ0v) is 17.3. The van der Waals surface area contributed by atoms with Crippen LogP contribution in [0.15, 0.2) is 47.4 Å². The summed E-state index contributed by atoms with van der Waals surface area (Å²) >= 11 is 0. The van der Waals surface area contributed by atoms with Gasteiger partial charge in [-0.3, -0.25) is 4.79 Å². The number of amides is 1. The lowest BCUT2D eigenvalue weighted by molar-refractivity contribution is 0.0939. The van der Waals surface area contributed by atoms with Crippen molar-refractivity contribution in [1.29, 1.82) is 0 Å². The van der Waals surface area contributed by atoms with Crippen molar-refractivity contribution in [2.45, 2.75) is 30.9 Å². The van der Waals surface area contributed by atoms with Gasteiger partial charge < -0.3 is 19.5 Å². The zero-order valence-electron chi connectivity index (χ0n) is 16.5. The monoisotopic (exact) mass is 420 g/mol. The number of rotatable bonds is 7. The molecule has 2 aromatic carbocycles. The Morgan fingerprint density at radius 2 is 1.93 bits per heavy atom. The van der Waals surface area contributed by atoms with Crippen molar-refractivity contribution in [3.8, 4) is 17.2 Å². The van der Waals surface area contributed by atoms with E-state index in [1.165, 1.54) is 25.3 Å². The number of fused-ring (bicyclic) bond motifs is 1. The van der Waals surface area contributed by atoms with Gasteiger partial charge in [0, 0.05) is 6.04 Å². The molecule has 0 aliphatic carbocycles. The molecule has 1 aliphatic rings. The van der Waals surface area contributed by atoms with Crippen molar-refractivity contribution in [2.75, 3.05) is 20.3 Å². The van der Waals surface area contributed by atoms with E-state index in [1.54, 1.807) is 12.1 Å². The SMILES string of the molecule is COc1ccc(S(=O)(=O)NCC2COc3ccccc3O2)cc1C(=O)NC(C)C. The van der Waals surface area contributed by atoms with E-state index in [1.807, 2.05) is 26.0 Å². The second-order valence-corrected chi connectivity index (χ2v) is 8.61. The summed E-state index contributed by atoms with van der Waals surface area (Å²) in [6.07, 6.45) is -0.471. The predicted octanol–water partition coefficient (Wildman–Crippen LogP) is 1.95. The molecule has 0 radical (unpaired) electrons. The van der Waals surface area contributed by atoms with Crippen molar-refractivity contribution in [3.05, 3.63) is 48.0 Å². The van der Waals surface area contributed by atoms with Gasteiger partial charge in [-0.15, -0.1) is 0 Å². The van der Waals surface area contributed by atoms with Crippen molar-refractivity contribution in [1.82, 2.24) is 10.0 Å². The third-order valence-corrected chi connectivity index (χ3v) is 5.64. The first-order valence-electron chi connectivity index (χ1n) is 9.17. The van der Waals surface area contributed by atoms with Gasteiger partial charge in [0.1, 0.15) is 18.5 Å². The van der Waals surface area contributed by atoms with Gasteiger partial charge in [-0.25, -0.2) is 13.1 Å². The van der Waals surface area contributed by atoms with Gasteiger partial charge in [0.25, 0.3) is 5.91 Å². The topological polar surface area (TPSA) is 103 Å². The van der Waals surface area contributed by atoms with Gasteiger partial charge in [-0.05, 0) is 44.2 Å². The number of benzene rings is 2. The Morgan fingerprint density at radius 3 is 2.62 bits per heavy atom. The summed E-state index contributed by atoms with van der Waals surface area (Å²) in [5.74, 6) is 1.08. The fourth-order valence-corrected chi connectivity index (χ4v) is 3.91. The summed E-state index contributed by atoms with van der Waals surface area (Å²) in [5.41, 5.74) is 0.148. The normalized spacial score (nSPS) is 15.8. The van der Waals surface area contributed by atoms with Gasteiger partial charge in [0.05, 0.1) is 24.1 Å². The number of carbonyl (C=O) groups is 1. The molecule has 1 amide bonds. The molecule has 9 heteroatoms. The number of methoxy groups -OCH3 is 1. The minimum Gasteiger partial charge on any atom is -0.496 e. The molecule has 29 heavy (non-hydrogen) atoms. The maximum Gasteiger partial charge on any atom is 0.255 e. The number of para-hydroxylation sites is 2. The van der Waals surface area contributed by atoms with E-state index in [9.17, 15) is 13.2 Å². The quantitative estimate of drug-likeness (QED) is 0.710. The van der Waals surface area contributed by atoms with Crippen LogP contribution in [0.3, 0.4) is 0 Å². The Hall–Kier alpha value is -2.78. The maximum absolute atomic E-state index is 12.7. The van der Waals surface area contributed by atoms with Crippen LogP contribution in [0.2, 0.25) is 0 Å². The van der Waals surface area contributed by atoms with Crippen LogP contribution in [0.5, 0.6) is 17.2 Å². The van der Waals surface area contributed by atoms with E-state index >= 15 is 0 Å². The van der Waals surface area contributed by atoms with Crippen LogP contribution in [0.25, 0.3) is 0 Å². The van der Waals surface area contributed by atoms with Crippen LogP contribution in [0.1, 0.15) is 24.2 Å². The summed E-state index contributed by atoms with van der Waals surface area (Å²) in [6, 6.07) is 11.2. The summed E-state index contributed by atoms with van der Waals surface area (Å²) in [4.78, 5) is 12.4. The molecular weight excluding hydrogens is 396 g/mol. The number of nitrogens with one attached hydrogen (secondary N) is 2. The number of hydrogen-bond acceptors (Lipinski definition) is 6. The van der Waals surface area contributed by atoms with Crippen LogP contribution in [-0.2, 0) is 10.0 Å². The van der Waals surface area contributed by atoms with Crippen molar-refractivity contribution < 1.29 is 27.4 Å². The van der Waals surface area contributed by atoms with Gasteiger partial charge in [-0.1, -0.05) is 12.1 Å². The minimum atomic E-state index is -3.87. The molecule has 0 aromatic heterocycles. The predicted molar refractivity (Wildman–Crippen MR) is 107 cm³/mol. The number of hydrogen-bond donors (Lipinski definition) is 2. The van der Waals surface area contributed by atoms with Crippen LogP contribution in [0.4, 0.5) is 0 Å². The highest BCUT2D eigenvalue weighted by Crippen LogP contribution is 2.30. The molecule has 1 unspecified atom stereocenters. The summed E-state index contributed by atoms with van der Waals surface area (Å²) in [7, 11) is -2.44. The Bertz CT molecular complexity index is 990. The van der Waals surface area contributed by atoms with Crippen LogP contribution in [0, 0.1) is 0 Å². The average molecular weight is 420 g/mol. The van der Waals surface area contributed by atoms with E-state index in [-0.39, 0.29) is 29.7 Å². The molecule has 0 spiro atoms. The first-order valence-corrected chi connectivity index (χ1v) is 10.7. The van der Waals surface area contributed by atoms with E-state index in [0.717, 1.165) is 0 Å². The fourth-order valence-electron chi connectivity index (χ4n) is 2.82. The molecule has 8 nitrogen and oxygen atoms in total. The second-order valence-electron chi connectivity index (χ2n) is 6.84. The average Bonchev–Trinajstić information content (AvgIpc) is 2.71. The lowest BCUT2D eigenvalue weighted by atomic mass is 10.2. The molecule has 2 aromatic rings. The molecule has 1 aliphatic heterocycles. The Morgan fingerprint density at radius 1 is 1.21 bits per heavy atom. The lowest BCUT2D eigenvalue weighted by Gasteiger charge is -2.26. The van der Waals surface area contributed by atoms with Crippen molar-refractivity contribution in [2.24, 2.45) is 0 Å². The Kier molecular flexibility index (Phi) is 6.29. The highest BCUT2D eigenvalue weighted by molar-refractivity contribution is 7.89. The van der Waals surface area contributed by atoms with Gasteiger partial charge >= 0.3 is 0 Å². The molecule has 1 heterocycles. The molecule has 2 N–H and O–H groups in total. The molecule has 3 rings (SSSR count). The molecule has 0 saturated carbocycles. The summed E-state index contributed by atoms with van der Waals surface area (Å²) in [6.45, 7) is 3.88. The van der Waals surface area contributed by atoms with Gasteiger partial charge in [0.2, 0.25) is 10.0 Å². The van der Waals surface area contributed by atoms with E-state index in [2.05, 4.69) is 10.0 Å². The highest BCUT2D eigenvalue weighted by Gasteiger charge is 2.25. The third kappa shape index (κ3) is 4.99. The van der Waals surface area contributed by atoms with Gasteiger partial charge in [-0.2, -0.15) is 0 Å². The van der Waals surface area contributed by atoms with E-state index in [4.69, 9.17) is 14.2 Å². The molecule has 0 fully saturated rings. The Labute approximate surface area is 170 Å². The number of ether oxygens (including phenoxy) is 3. The smallest absolute Gasteiger partial charge is 0.255 e. The molecule has 0 bridgehead atoms. The molecule has 1 atom stereocenters.